The van der Waals surface area contributed by atoms with Crippen LogP contribution < -0.4 is 16.0 Å². The smallest absolute Gasteiger partial charge is 0.352 e. The minimum absolute atomic E-state index is 0.0367. The van der Waals surface area contributed by atoms with E-state index in [4.69, 9.17) is 0 Å². The molecule has 1 aliphatic heterocycles. The number of halogens is 3. The van der Waals surface area contributed by atoms with Gasteiger partial charge in [-0.15, -0.1) is 0 Å². The van der Waals surface area contributed by atoms with Gasteiger partial charge in [-0.2, -0.15) is 13.2 Å². The van der Waals surface area contributed by atoms with E-state index in [1.54, 1.807) is 6.07 Å². The minimum Gasteiger partial charge on any atom is -0.352 e. The lowest BCUT2D eigenvalue weighted by atomic mass is 9.94. The number of piperidine rings is 1. The summed E-state index contributed by atoms with van der Waals surface area (Å²) in [5.74, 6) is 0.158. The fourth-order valence-electron chi connectivity index (χ4n) is 4.54. The molecule has 0 radical (unpaired) electrons. The third-order valence-electron chi connectivity index (χ3n) is 6.35. The Hall–Kier alpha value is -3.07. The summed E-state index contributed by atoms with van der Waals surface area (Å²) in [5.41, 5.74) is 1.13. The summed E-state index contributed by atoms with van der Waals surface area (Å²) in [6, 6.07) is 12.3. The summed E-state index contributed by atoms with van der Waals surface area (Å²) in [4.78, 5) is 20.6. The van der Waals surface area contributed by atoms with Crippen LogP contribution in [-0.2, 0) is 11.0 Å². The lowest BCUT2D eigenvalue weighted by molar-refractivity contribution is -0.137. The van der Waals surface area contributed by atoms with Crippen molar-refractivity contribution in [1.82, 2.24) is 20.6 Å². The van der Waals surface area contributed by atoms with Gasteiger partial charge in [0.1, 0.15) is 0 Å². The number of hydrogen-bond acceptors (Lipinski definition) is 4. The average molecular weight is 474 g/mol. The third kappa shape index (κ3) is 5.88. The minimum atomic E-state index is -4.47. The molecule has 34 heavy (non-hydrogen) atoms. The van der Waals surface area contributed by atoms with Crippen LogP contribution in [0, 0.1) is 0 Å². The normalized spacial score (nSPS) is 20.6. The molecule has 0 aliphatic carbocycles. The molecule has 3 aromatic rings. The van der Waals surface area contributed by atoms with Gasteiger partial charge in [0.25, 0.3) is 0 Å². The van der Waals surface area contributed by atoms with E-state index in [0.29, 0.717) is 17.6 Å². The van der Waals surface area contributed by atoms with Crippen molar-refractivity contribution in [3.8, 4) is 0 Å². The number of carbonyl (C=O) groups excluding carboxylic acids is 1. The molecule has 4 unspecified atom stereocenters. The van der Waals surface area contributed by atoms with Crippen molar-refractivity contribution in [2.24, 2.45) is 0 Å². The third-order valence-corrected chi connectivity index (χ3v) is 6.35. The Morgan fingerprint density at radius 1 is 1.18 bits per heavy atom. The number of amides is 1. The van der Waals surface area contributed by atoms with Gasteiger partial charge in [0.05, 0.1) is 29.1 Å². The number of nitrogens with zero attached hydrogens (tertiary/aromatic N) is 1. The summed E-state index contributed by atoms with van der Waals surface area (Å²) in [5, 5.41) is 9.69. The van der Waals surface area contributed by atoms with E-state index in [2.05, 4.69) is 32.8 Å². The summed E-state index contributed by atoms with van der Waals surface area (Å²) in [7, 11) is 0. The highest BCUT2D eigenvalue weighted by atomic mass is 19.4. The number of alkyl halides is 3. The maximum atomic E-state index is 13.3. The highest BCUT2D eigenvalue weighted by Gasteiger charge is 2.32. The van der Waals surface area contributed by atoms with Crippen LogP contribution in [0.5, 0.6) is 0 Å². The van der Waals surface area contributed by atoms with Gasteiger partial charge in [0.2, 0.25) is 11.9 Å². The largest absolute Gasteiger partial charge is 0.416 e. The first-order valence-electron chi connectivity index (χ1n) is 11.6. The first-order chi connectivity index (χ1) is 16.2. The number of nitrogens with one attached hydrogen (secondary N) is 4. The van der Waals surface area contributed by atoms with E-state index in [1.165, 1.54) is 6.07 Å². The maximum Gasteiger partial charge on any atom is 0.416 e. The maximum absolute atomic E-state index is 13.3. The van der Waals surface area contributed by atoms with Crippen molar-refractivity contribution < 1.29 is 18.0 Å². The molecular formula is C25H30F3N5O. The van der Waals surface area contributed by atoms with Gasteiger partial charge in [-0.1, -0.05) is 30.7 Å². The molecular weight excluding hydrogens is 443 g/mol. The first-order valence-corrected chi connectivity index (χ1v) is 11.6. The molecule has 182 valence electrons. The van der Waals surface area contributed by atoms with Gasteiger partial charge in [0.15, 0.2) is 0 Å². The molecule has 1 aliphatic rings. The Kier molecular flexibility index (Phi) is 7.11. The topological polar surface area (TPSA) is 81.8 Å². The van der Waals surface area contributed by atoms with Crippen LogP contribution in [0.1, 0.15) is 56.7 Å². The number of anilines is 1. The summed E-state index contributed by atoms with van der Waals surface area (Å²) >= 11 is 0. The van der Waals surface area contributed by atoms with E-state index >= 15 is 0 Å². The van der Waals surface area contributed by atoms with Crippen LogP contribution in [0.4, 0.5) is 19.1 Å². The molecule has 0 bridgehead atoms. The Balaban J connectivity index is 1.54. The summed E-state index contributed by atoms with van der Waals surface area (Å²) in [6.07, 6.45) is -1.33. The Morgan fingerprint density at radius 2 is 1.97 bits per heavy atom. The van der Waals surface area contributed by atoms with Gasteiger partial charge >= 0.3 is 6.18 Å². The number of aromatic nitrogens is 2. The average Bonchev–Trinajstić information content (AvgIpc) is 3.20. The van der Waals surface area contributed by atoms with Crippen LogP contribution in [0.2, 0.25) is 0 Å². The fraction of sp³-hybridized carbons (Fsp3) is 0.440. The summed E-state index contributed by atoms with van der Waals surface area (Å²) in [6.45, 7) is 4.08. The van der Waals surface area contributed by atoms with Crippen molar-refractivity contribution >= 4 is 22.9 Å². The van der Waals surface area contributed by atoms with E-state index in [-0.39, 0.29) is 24.4 Å². The molecule has 1 aromatic heterocycles. The second-order valence-electron chi connectivity index (χ2n) is 9.09. The van der Waals surface area contributed by atoms with Crippen molar-refractivity contribution in [3.05, 3.63) is 59.7 Å². The quantitative estimate of drug-likeness (QED) is 0.382. The molecule has 4 rings (SSSR count). The van der Waals surface area contributed by atoms with Crippen LogP contribution in [0.15, 0.2) is 48.5 Å². The predicted octanol–water partition coefficient (Wildman–Crippen LogP) is 5.16. The molecule has 1 fully saturated rings. The second-order valence-corrected chi connectivity index (χ2v) is 9.09. The van der Waals surface area contributed by atoms with Gasteiger partial charge in [-0.05, 0) is 56.5 Å². The lowest BCUT2D eigenvalue weighted by Crippen LogP contribution is -2.53. The number of carbonyl (C=O) groups is 1. The zero-order chi connectivity index (χ0) is 24.3. The van der Waals surface area contributed by atoms with E-state index < -0.39 is 17.8 Å². The molecule has 0 saturated carbocycles. The second kappa shape index (κ2) is 10.0. The molecule has 2 aromatic carbocycles. The molecule has 2 heterocycles. The van der Waals surface area contributed by atoms with Gasteiger partial charge < -0.3 is 20.9 Å². The van der Waals surface area contributed by atoms with E-state index in [0.717, 1.165) is 42.4 Å². The molecule has 1 saturated heterocycles. The molecule has 6 nitrogen and oxygen atoms in total. The SMILES string of the molecule is CC1CCCC(C(C)NC(=O)CC(Nc2nc3ccccc3[nH]2)c2cccc(C(F)(F)F)c2)N1. The summed E-state index contributed by atoms with van der Waals surface area (Å²) < 4.78 is 40.0. The zero-order valence-electron chi connectivity index (χ0n) is 19.2. The number of fused-ring (bicyclic) bond motifs is 1. The van der Waals surface area contributed by atoms with Gasteiger partial charge in [0, 0.05) is 18.1 Å². The fourth-order valence-corrected chi connectivity index (χ4v) is 4.54. The highest BCUT2D eigenvalue weighted by Crippen LogP contribution is 2.32. The van der Waals surface area contributed by atoms with E-state index in [9.17, 15) is 18.0 Å². The standard InChI is InChI=1S/C25H30F3N5O/c1-15-7-5-12-19(29-15)16(2)30-23(34)14-22(17-8-6-9-18(13-17)25(26,27)28)33-24-31-20-10-3-4-11-21(20)32-24/h3-4,6,8-11,13,15-16,19,22,29H,5,7,12,14H2,1-2H3,(H,30,34)(H2,31,32,33). The monoisotopic (exact) mass is 473 g/mol. The van der Waals surface area contributed by atoms with Gasteiger partial charge in [-0.3, -0.25) is 4.79 Å². The number of rotatable bonds is 7. The number of hydrogen-bond donors (Lipinski definition) is 4. The number of H-pyrrole nitrogens is 1. The molecule has 0 spiro atoms. The number of para-hydroxylation sites is 2. The first kappa shape index (κ1) is 24.1. The number of benzene rings is 2. The highest BCUT2D eigenvalue weighted by molar-refractivity contribution is 5.79. The lowest BCUT2D eigenvalue weighted by Gasteiger charge is -2.33. The van der Waals surface area contributed by atoms with Crippen molar-refractivity contribution in [2.75, 3.05) is 5.32 Å². The number of aromatic amines is 1. The molecule has 9 heteroatoms. The van der Waals surface area contributed by atoms with E-state index in [1.807, 2.05) is 31.2 Å². The Morgan fingerprint density at radius 3 is 2.71 bits per heavy atom. The van der Waals surface area contributed by atoms with Crippen LogP contribution in [0.25, 0.3) is 11.0 Å². The van der Waals surface area contributed by atoms with Crippen molar-refractivity contribution in [1.29, 1.82) is 0 Å². The molecule has 1 amide bonds. The molecule has 4 N–H and O–H groups in total. The number of imidazole rings is 1. The van der Waals surface area contributed by atoms with Crippen molar-refractivity contribution in [2.45, 2.75) is 69.9 Å². The predicted molar refractivity (Wildman–Crippen MR) is 126 cm³/mol. The van der Waals surface area contributed by atoms with Crippen LogP contribution in [0.3, 0.4) is 0 Å². The van der Waals surface area contributed by atoms with Gasteiger partial charge in [-0.25, -0.2) is 4.98 Å². The van der Waals surface area contributed by atoms with Crippen LogP contribution in [-0.4, -0.2) is 34.0 Å². The molecule has 4 atom stereocenters. The van der Waals surface area contributed by atoms with Crippen LogP contribution >= 0.6 is 0 Å². The van der Waals surface area contributed by atoms with Crippen molar-refractivity contribution in [3.63, 3.8) is 0 Å². The Labute approximate surface area is 196 Å². The zero-order valence-corrected chi connectivity index (χ0v) is 19.2. The Bertz CT molecular complexity index is 1100.